The number of aromatic nitrogens is 1. The molecule has 0 radical (unpaired) electrons. The fourth-order valence-corrected chi connectivity index (χ4v) is 1.88. The van der Waals surface area contributed by atoms with Crippen LogP contribution in [0, 0.1) is 10.1 Å². The van der Waals surface area contributed by atoms with E-state index in [4.69, 9.17) is 0 Å². The molecule has 0 saturated heterocycles. The number of carbonyl (C=O) groups excluding carboxylic acids is 1. The van der Waals surface area contributed by atoms with Crippen molar-refractivity contribution in [1.82, 2.24) is 4.98 Å². The van der Waals surface area contributed by atoms with E-state index in [1.165, 1.54) is 0 Å². The molecule has 0 atom stereocenters. The molecule has 1 aromatic heterocycles. The van der Waals surface area contributed by atoms with Gasteiger partial charge in [0.2, 0.25) is 0 Å². The molecule has 0 bridgehead atoms. The lowest BCUT2D eigenvalue weighted by Gasteiger charge is -2.04. The number of rotatable bonds is 4. The van der Waals surface area contributed by atoms with Crippen LogP contribution in [0.15, 0.2) is 30.5 Å². The summed E-state index contributed by atoms with van der Waals surface area (Å²) in [5.74, 6) is -0.0126. The molecule has 0 amide bonds. The number of nitrogens with zero attached hydrogens (tertiary/aromatic N) is 2. The molecule has 0 N–H and O–H groups in total. The minimum atomic E-state index is -0.442. The van der Waals surface area contributed by atoms with Gasteiger partial charge in [-0.25, -0.2) is 0 Å². The first-order valence-corrected chi connectivity index (χ1v) is 5.66. The molecule has 0 fully saturated rings. The number of benzene rings is 1. The number of fused-ring (bicyclic) bond motifs is 1. The van der Waals surface area contributed by atoms with Crippen LogP contribution in [0.25, 0.3) is 10.9 Å². The summed E-state index contributed by atoms with van der Waals surface area (Å²) < 4.78 is 0. The maximum atomic E-state index is 11.5. The normalized spacial score (nSPS) is 10.5. The Hall–Kier alpha value is -2.30. The smallest absolute Gasteiger partial charge is 0.282 e. The van der Waals surface area contributed by atoms with Crippen molar-refractivity contribution in [2.75, 3.05) is 0 Å². The van der Waals surface area contributed by atoms with Crippen molar-refractivity contribution in [3.63, 3.8) is 0 Å². The van der Waals surface area contributed by atoms with Gasteiger partial charge >= 0.3 is 0 Å². The largest absolute Gasteiger partial charge is 0.299 e. The topological polar surface area (TPSA) is 73.1 Å². The summed E-state index contributed by atoms with van der Waals surface area (Å²) in [6.07, 6.45) is 2.06. The molecule has 2 aromatic rings. The lowest BCUT2D eigenvalue weighted by atomic mass is 10.0. The fourth-order valence-electron chi connectivity index (χ4n) is 1.88. The van der Waals surface area contributed by atoms with E-state index >= 15 is 0 Å². The lowest BCUT2D eigenvalue weighted by molar-refractivity contribution is -0.383. The van der Waals surface area contributed by atoms with Gasteiger partial charge in [-0.05, 0) is 24.3 Å². The van der Waals surface area contributed by atoms with Crippen LogP contribution in [0.4, 0.5) is 5.69 Å². The number of Topliss-reactive ketones (excluding diaryl/α,β-unsaturated/α-hetero) is 1. The van der Waals surface area contributed by atoms with E-state index in [1.54, 1.807) is 37.4 Å². The third-order valence-corrected chi connectivity index (χ3v) is 2.80. The molecular weight excluding hydrogens is 232 g/mol. The summed E-state index contributed by atoms with van der Waals surface area (Å²) >= 11 is 0. The van der Waals surface area contributed by atoms with Gasteiger partial charge in [0.15, 0.2) is 0 Å². The number of pyridine rings is 1. The Labute approximate surface area is 104 Å². The standard InChI is InChI=1S/C13H12N2O3/c1-2-10(16)8-9-5-6-12-11(4-3-7-14-12)13(9)15(17)18/h3-7H,2,8H2,1H3. The van der Waals surface area contributed by atoms with Crippen molar-refractivity contribution >= 4 is 22.4 Å². The third-order valence-electron chi connectivity index (χ3n) is 2.80. The summed E-state index contributed by atoms with van der Waals surface area (Å²) in [7, 11) is 0. The summed E-state index contributed by atoms with van der Waals surface area (Å²) in [4.78, 5) is 26.3. The fraction of sp³-hybridized carbons (Fsp3) is 0.231. The van der Waals surface area contributed by atoms with Crippen molar-refractivity contribution in [3.05, 3.63) is 46.1 Å². The van der Waals surface area contributed by atoms with E-state index in [0.717, 1.165) is 0 Å². The highest BCUT2D eigenvalue weighted by atomic mass is 16.6. The molecule has 0 aliphatic heterocycles. The highest BCUT2D eigenvalue weighted by Gasteiger charge is 2.19. The minimum Gasteiger partial charge on any atom is -0.299 e. The van der Waals surface area contributed by atoms with Crippen LogP contribution in [0.1, 0.15) is 18.9 Å². The molecule has 1 heterocycles. The summed E-state index contributed by atoms with van der Waals surface area (Å²) in [5, 5.41) is 11.6. The van der Waals surface area contributed by atoms with E-state index in [-0.39, 0.29) is 17.9 Å². The van der Waals surface area contributed by atoms with Crippen LogP contribution >= 0.6 is 0 Å². The van der Waals surface area contributed by atoms with Gasteiger partial charge in [-0.1, -0.05) is 6.92 Å². The second kappa shape index (κ2) is 4.91. The van der Waals surface area contributed by atoms with Gasteiger partial charge in [0.05, 0.1) is 15.8 Å². The zero-order valence-corrected chi connectivity index (χ0v) is 9.92. The first-order valence-electron chi connectivity index (χ1n) is 5.66. The van der Waals surface area contributed by atoms with E-state index < -0.39 is 4.92 Å². The summed E-state index contributed by atoms with van der Waals surface area (Å²) in [6.45, 7) is 1.75. The van der Waals surface area contributed by atoms with Crippen LogP contribution in [-0.2, 0) is 11.2 Å². The number of ketones is 1. The maximum Gasteiger partial charge on any atom is 0.282 e. The Kier molecular flexibility index (Phi) is 3.32. The lowest BCUT2D eigenvalue weighted by Crippen LogP contribution is -2.04. The number of nitro groups is 1. The molecule has 5 nitrogen and oxygen atoms in total. The SMILES string of the molecule is CCC(=O)Cc1ccc2ncccc2c1[N+](=O)[O-]. The molecule has 18 heavy (non-hydrogen) atoms. The first-order chi connectivity index (χ1) is 8.63. The molecule has 1 aromatic carbocycles. The van der Waals surface area contributed by atoms with Gasteiger partial charge in [0.1, 0.15) is 5.78 Å². The van der Waals surface area contributed by atoms with Crippen molar-refractivity contribution in [2.24, 2.45) is 0 Å². The number of hydrogen-bond acceptors (Lipinski definition) is 4. The number of carbonyl (C=O) groups is 1. The number of hydrogen-bond donors (Lipinski definition) is 0. The van der Waals surface area contributed by atoms with Crippen molar-refractivity contribution in [3.8, 4) is 0 Å². The highest BCUT2D eigenvalue weighted by molar-refractivity contribution is 5.92. The van der Waals surface area contributed by atoms with E-state index in [9.17, 15) is 14.9 Å². The average Bonchev–Trinajstić information content (AvgIpc) is 2.37. The third kappa shape index (κ3) is 2.20. The van der Waals surface area contributed by atoms with Gasteiger partial charge in [0.25, 0.3) is 5.69 Å². The molecule has 0 spiro atoms. The number of nitro benzene ring substituents is 1. The predicted octanol–water partition coefficient (Wildman–Crippen LogP) is 2.66. The molecule has 2 rings (SSSR count). The second-order valence-corrected chi connectivity index (χ2v) is 3.97. The van der Waals surface area contributed by atoms with Crippen LogP contribution < -0.4 is 0 Å². The van der Waals surface area contributed by atoms with E-state index in [0.29, 0.717) is 22.9 Å². The molecule has 0 saturated carbocycles. The molecule has 0 unspecified atom stereocenters. The van der Waals surface area contributed by atoms with E-state index in [1.807, 2.05) is 0 Å². The van der Waals surface area contributed by atoms with Crippen LogP contribution in [0.2, 0.25) is 0 Å². The molecule has 5 heteroatoms. The zero-order chi connectivity index (χ0) is 13.1. The first kappa shape index (κ1) is 12.2. The Morgan fingerprint density at radius 3 is 2.83 bits per heavy atom. The molecule has 92 valence electrons. The Morgan fingerprint density at radius 2 is 2.17 bits per heavy atom. The van der Waals surface area contributed by atoms with Gasteiger partial charge in [0, 0.05) is 24.6 Å². The maximum absolute atomic E-state index is 11.5. The molecular formula is C13H12N2O3. The van der Waals surface area contributed by atoms with Gasteiger partial charge in [-0.15, -0.1) is 0 Å². The Bertz CT molecular complexity index is 623. The Balaban J connectivity index is 2.63. The van der Waals surface area contributed by atoms with Crippen LogP contribution in [0.5, 0.6) is 0 Å². The van der Waals surface area contributed by atoms with Gasteiger partial charge in [-0.3, -0.25) is 19.9 Å². The van der Waals surface area contributed by atoms with Crippen LogP contribution in [0.3, 0.4) is 0 Å². The van der Waals surface area contributed by atoms with Gasteiger partial charge in [-0.2, -0.15) is 0 Å². The highest BCUT2D eigenvalue weighted by Crippen LogP contribution is 2.28. The van der Waals surface area contributed by atoms with E-state index in [2.05, 4.69) is 4.98 Å². The average molecular weight is 244 g/mol. The van der Waals surface area contributed by atoms with Crippen LogP contribution in [-0.4, -0.2) is 15.7 Å². The van der Waals surface area contributed by atoms with Crippen molar-refractivity contribution < 1.29 is 9.72 Å². The minimum absolute atomic E-state index is 0.0117. The summed E-state index contributed by atoms with van der Waals surface area (Å²) in [5.41, 5.74) is 1.01. The molecule has 0 aliphatic rings. The quantitative estimate of drug-likeness (QED) is 0.612. The Morgan fingerprint density at radius 1 is 1.39 bits per heavy atom. The van der Waals surface area contributed by atoms with Gasteiger partial charge < -0.3 is 0 Å². The predicted molar refractivity (Wildman–Crippen MR) is 67.4 cm³/mol. The van der Waals surface area contributed by atoms with Crippen molar-refractivity contribution in [2.45, 2.75) is 19.8 Å². The van der Waals surface area contributed by atoms with Crippen molar-refractivity contribution in [1.29, 1.82) is 0 Å². The second-order valence-electron chi connectivity index (χ2n) is 3.97. The summed E-state index contributed by atoms with van der Waals surface area (Å²) in [6, 6.07) is 6.63. The molecule has 0 aliphatic carbocycles. The zero-order valence-electron chi connectivity index (χ0n) is 9.92. The monoisotopic (exact) mass is 244 g/mol.